The predicted molar refractivity (Wildman–Crippen MR) is 93.1 cm³/mol. The van der Waals surface area contributed by atoms with Crippen LogP contribution in [-0.4, -0.2) is 39.8 Å². The number of nitrogens with one attached hydrogen (secondary N) is 2. The van der Waals surface area contributed by atoms with Crippen LogP contribution < -0.4 is 11.0 Å². The Morgan fingerprint density at radius 2 is 2.08 bits per heavy atom. The van der Waals surface area contributed by atoms with Gasteiger partial charge >= 0.3 is 5.69 Å². The number of amides is 2. The quantitative estimate of drug-likeness (QED) is 0.852. The SMILES string of the molecule is Cc1cc(NC(=O)[C@H]2CC(=O)N(CCc3ccccc3)C2)nc(=O)[nH]1. The average molecular weight is 340 g/mol. The third-order valence-corrected chi connectivity index (χ3v) is 4.23. The van der Waals surface area contributed by atoms with Gasteiger partial charge in [-0.1, -0.05) is 30.3 Å². The molecule has 2 aromatic rings. The summed E-state index contributed by atoms with van der Waals surface area (Å²) in [4.78, 5) is 43.8. The summed E-state index contributed by atoms with van der Waals surface area (Å²) in [6.07, 6.45) is 0.943. The van der Waals surface area contributed by atoms with Gasteiger partial charge in [0.25, 0.3) is 0 Å². The maximum atomic E-state index is 12.4. The summed E-state index contributed by atoms with van der Waals surface area (Å²) >= 11 is 0. The summed E-state index contributed by atoms with van der Waals surface area (Å²) in [5.74, 6) is -0.523. The fourth-order valence-corrected chi connectivity index (χ4v) is 2.94. The van der Waals surface area contributed by atoms with Crippen molar-refractivity contribution in [1.82, 2.24) is 14.9 Å². The Labute approximate surface area is 145 Å². The van der Waals surface area contributed by atoms with Crippen LogP contribution in [0.1, 0.15) is 17.7 Å². The molecule has 1 atom stereocenters. The number of likely N-dealkylation sites (tertiary alicyclic amines) is 1. The second-order valence-corrected chi connectivity index (χ2v) is 6.22. The van der Waals surface area contributed by atoms with Gasteiger partial charge in [0.05, 0.1) is 5.92 Å². The van der Waals surface area contributed by atoms with E-state index in [1.54, 1.807) is 17.9 Å². The van der Waals surface area contributed by atoms with Crippen LogP contribution in [0, 0.1) is 12.8 Å². The lowest BCUT2D eigenvalue weighted by Crippen LogP contribution is -2.30. The number of aromatic nitrogens is 2. The van der Waals surface area contributed by atoms with Crippen LogP contribution in [0.2, 0.25) is 0 Å². The second kappa shape index (κ2) is 7.29. The van der Waals surface area contributed by atoms with Gasteiger partial charge in [0, 0.05) is 31.3 Å². The van der Waals surface area contributed by atoms with Gasteiger partial charge in [-0.15, -0.1) is 0 Å². The summed E-state index contributed by atoms with van der Waals surface area (Å²) in [7, 11) is 0. The van der Waals surface area contributed by atoms with Crippen molar-refractivity contribution in [1.29, 1.82) is 0 Å². The number of aromatic amines is 1. The van der Waals surface area contributed by atoms with E-state index < -0.39 is 11.6 Å². The number of benzene rings is 1. The molecule has 0 saturated carbocycles. The molecule has 2 N–H and O–H groups in total. The van der Waals surface area contributed by atoms with Gasteiger partial charge in [-0.3, -0.25) is 9.59 Å². The molecule has 0 bridgehead atoms. The van der Waals surface area contributed by atoms with Gasteiger partial charge in [0.2, 0.25) is 11.8 Å². The van der Waals surface area contributed by atoms with Gasteiger partial charge in [-0.25, -0.2) is 4.79 Å². The van der Waals surface area contributed by atoms with E-state index >= 15 is 0 Å². The molecule has 0 aliphatic carbocycles. The minimum atomic E-state index is -0.512. The number of H-pyrrole nitrogens is 1. The standard InChI is InChI=1S/C18H20N4O3/c1-12-9-15(21-18(25)19-12)20-17(24)14-10-16(23)22(11-14)8-7-13-5-3-2-4-6-13/h2-6,9,14H,7-8,10-11H2,1H3,(H2,19,20,21,24,25)/t14-/m0/s1. The molecule has 130 valence electrons. The Hall–Kier alpha value is -2.96. The highest BCUT2D eigenvalue weighted by Crippen LogP contribution is 2.20. The molecule has 1 aliphatic rings. The molecule has 1 fully saturated rings. The largest absolute Gasteiger partial charge is 0.347 e. The third-order valence-electron chi connectivity index (χ3n) is 4.23. The fourth-order valence-electron chi connectivity index (χ4n) is 2.94. The van der Waals surface area contributed by atoms with E-state index in [1.165, 1.54) is 0 Å². The zero-order chi connectivity index (χ0) is 17.8. The first-order valence-electron chi connectivity index (χ1n) is 8.22. The Morgan fingerprint density at radius 3 is 2.80 bits per heavy atom. The highest BCUT2D eigenvalue weighted by atomic mass is 16.2. The van der Waals surface area contributed by atoms with Gasteiger partial charge < -0.3 is 15.2 Å². The Morgan fingerprint density at radius 1 is 1.32 bits per heavy atom. The van der Waals surface area contributed by atoms with Crippen molar-refractivity contribution in [3.05, 3.63) is 58.1 Å². The number of carbonyl (C=O) groups is 2. The summed E-state index contributed by atoms with van der Waals surface area (Å²) in [5.41, 5.74) is 1.26. The van der Waals surface area contributed by atoms with Crippen LogP contribution in [0.3, 0.4) is 0 Å². The Bertz CT molecular complexity index is 832. The first kappa shape index (κ1) is 16.9. The number of aryl methyl sites for hydroxylation is 1. The zero-order valence-electron chi connectivity index (χ0n) is 14.0. The van der Waals surface area contributed by atoms with Crippen LogP contribution in [0.25, 0.3) is 0 Å². The van der Waals surface area contributed by atoms with Crippen LogP contribution in [-0.2, 0) is 16.0 Å². The normalized spacial score (nSPS) is 16.9. The molecule has 2 amide bonds. The van der Waals surface area contributed by atoms with Crippen molar-refractivity contribution in [3.8, 4) is 0 Å². The molecule has 0 radical (unpaired) electrons. The second-order valence-electron chi connectivity index (χ2n) is 6.22. The van der Waals surface area contributed by atoms with E-state index in [2.05, 4.69) is 15.3 Å². The minimum Gasteiger partial charge on any atom is -0.342 e. The number of carbonyl (C=O) groups excluding carboxylic acids is 2. The highest BCUT2D eigenvalue weighted by molar-refractivity contribution is 5.96. The average Bonchev–Trinajstić information content (AvgIpc) is 2.94. The molecule has 2 heterocycles. The summed E-state index contributed by atoms with van der Waals surface area (Å²) in [6.45, 7) is 2.69. The highest BCUT2D eigenvalue weighted by Gasteiger charge is 2.34. The van der Waals surface area contributed by atoms with Crippen molar-refractivity contribution in [2.75, 3.05) is 18.4 Å². The van der Waals surface area contributed by atoms with Gasteiger partial charge in [0.15, 0.2) is 0 Å². The summed E-state index contributed by atoms with van der Waals surface area (Å²) in [6, 6.07) is 11.5. The molecule has 1 aromatic heterocycles. The minimum absolute atomic E-state index is 0.0221. The van der Waals surface area contributed by atoms with Crippen LogP contribution in [0.15, 0.2) is 41.2 Å². The molecule has 1 saturated heterocycles. The van der Waals surface area contributed by atoms with Crippen LogP contribution >= 0.6 is 0 Å². The smallest absolute Gasteiger partial charge is 0.342 e. The van der Waals surface area contributed by atoms with E-state index in [-0.39, 0.29) is 24.1 Å². The molecule has 1 aromatic carbocycles. The first-order valence-corrected chi connectivity index (χ1v) is 8.22. The van der Waals surface area contributed by atoms with Gasteiger partial charge in [-0.05, 0) is 18.9 Å². The zero-order valence-corrected chi connectivity index (χ0v) is 14.0. The van der Waals surface area contributed by atoms with E-state index in [9.17, 15) is 14.4 Å². The third kappa shape index (κ3) is 4.32. The maximum Gasteiger partial charge on any atom is 0.347 e. The number of hydrogen-bond acceptors (Lipinski definition) is 4. The van der Waals surface area contributed by atoms with E-state index in [1.807, 2.05) is 30.3 Å². The molecule has 0 spiro atoms. The van der Waals surface area contributed by atoms with Crippen molar-refractivity contribution >= 4 is 17.6 Å². The number of anilines is 1. The molecule has 1 aliphatic heterocycles. The van der Waals surface area contributed by atoms with E-state index in [0.717, 1.165) is 12.0 Å². The Kier molecular flexibility index (Phi) is 4.92. The summed E-state index contributed by atoms with van der Waals surface area (Å²) in [5, 5.41) is 2.63. The molecule has 0 unspecified atom stereocenters. The molecule has 3 rings (SSSR count). The molecular formula is C18H20N4O3. The van der Waals surface area contributed by atoms with Gasteiger partial charge in [0.1, 0.15) is 5.82 Å². The van der Waals surface area contributed by atoms with E-state index in [0.29, 0.717) is 18.8 Å². The van der Waals surface area contributed by atoms with Crippen molar-refractivity contribution in [2.24, 2.45) is 5.92 Å². The first-order chi connectivity index (χ1) is 12.0. The molecule has 7 heteroatoms. The van der Waals surface area contributed by atoms with E-state index in [4.69, 9.17) is 0 Å². The number of rotatable bonds is 5. The van der Waals surface area contributed by atoms with Crippen molar-refractivity contribution in [2.45, 2.75) is 19.8 Å². The fraction of sp³-hybridized carbons (Fsp3) is 0.333. The van der Waals surface area contributed by atoms with Crippen LogP contribution in [0.5, 0.6) is 0 Å². The summed E-state index contributed by atoms with van der Waals surface area (Å²) < 4.78 is 0. The van der Waals surface area contributed by atoms with Crippen LogP contribution in [0.4, 0.5) is 5.82 Å². The lowest BCUT2D eigenvalue weighted by atomic mass is 10.1. The van der Waals surface area contributed by atoms with Gasteiger partial charge in [-0.2, -0.15) is 4.98 Å². The molecular weight excluding hydrogens is 320 g/mol. The number of nitrogens with zero attached hydrogens (tertiary/aromatic N) is 2. The molecule has 7 nitrogen and oxygen atoms in total. The maximum absolute atomic E-state index is 12.4. The topological polar surface area (TPSA) is 95.2 Å². The van der Waals surface area contributed by atoms with Crippen molar-refractivity contribution in [3.63, 3.8) is 0 Å². The monoisotopic (exact) mass is 340 g/mol. The lowest BCUT2D eigenvalue weighted by molar-refractivity contribution is -0.128. The number of hydrogen-bond donors (Lipinski definition) is 2. The lowest BCUT2D eigenvalue weighted by Gasteiger charge is -2.16. The predicted octanol–water partition coefficient (Wildman–Crippen LogP) is 1.11. The van der Waals surface area contributed by atoms with Crippen molar-refractivity contribution < 1.29 is 9.59 Å². The molecule has 25 heavy (non-hydrogen) atoms. The Balaban J connectivity index is 1.57.